The highest BCUT2D eigenvalue weighted by Crippen LogP contribution is 2.01. The molecule has 2 aromatic rings. The lowest BCUT2D eigenvalue weighted by Crippen LogP contribution is -2.41. The molecule has 6 nitrogen and oxygen atoms in total. The number of nitrogens with zero attached hydrogens (tertiary/aromatic N) is 2. The minimum atomic E-state index is -0.386. The first-order valence-corrected chi connectivity index (χ1v) is 7.19. The third kappa shape index (κ3) is 4.44. The van der Waals surface area contributed by atoms with Gasteiger partial charge >= 0.3 is 0 Å². The molecule has 1 N–H and O–H groups in total. The molecule has 0 aliphatic heterocycles. The number of hydrogen-bond acceptors (Lipinski definition) is 4. The molecule has 0 unspecified atom stereocenters. The van der Waals surface area contributed by atoms with Crippen LogP contribution in [0.1, 0.15) is 23.0 Å². The Morgan fingerprint density at radius 1 is 1.27 bits per heavy atom. The Balaban J connectivity index is 1.80. The van der Waals surface area contributed by atoms with Crippen molar-refractivity contribution in [2.75, 3.05) is 19.6 Å². The molecule has 6 heteroatoms. The Bertz CT molecular complexity index is 596. The molecule has 22 heavy (non-hydrogen) atoms. The highest BCUT2D eigenvalue weighted by atomic mass is 16.3. The number of pyridine rings is 1. The van der Waals surface area contributed by atoms with Crippen molar-refractivity contribution in [3.05, 3.63) is 54.2 Å². The minimum absolute atomic E-state index is 0.0380. The molecular formula is C16H19N3O3. The largest absolute Gasteiger partial charge is 0.459 e. The number of rotatable bonds is 7. The summed E-state index contributed by atoms with van der Waals surface area (Å²) in [4.78, 5) is 29.5. The van der Waals surface area contributed by atoms with Crippen LogP contribution < -0.4 is 5.32 Å². The number of hydrogen-bond donors (Lipinski definition) is 1. The van der Waals surface area contributed by atoms with E-state index in [1.165, 1.54) is 6.26 Å². The molecule has 2 heterocycles. The van der Waals surface area contributed by atoms with Crippen molar-refractivity contribution in [3.8, 4) is 0 Å². The predicted molar refractivity (Wildman–Crippen MR) is 81.2 cm³/mol. The maximum Gasteiger partial charge on any atom is 0.287 e. The zero-order valence-corrected chi connectivity index (χ0v) is 12.5. The standard InChI is InChI=1S/C16H19N3O3/c1-2-19(10-7-13-5-8-17-9-6-13)15(20)12-18-16(21)14-4-3-11-22-14/h3-6,8-9,11H,2,7,10,12H2,1H3,(H,18,21). The number of likely N-dealkylation sites (N-methyl/N-ethyl adjacent to an activating group) is 1. The summed E-state index contributed by atoms with van der Waals surface area (Å²) in [5.74, 6) is -0.298. The molecule has 0 saturated carbocycles. The van der Waals surface area contributed by atoms with Gasteiger partial charge < -0.3 is 14.6 Å². The molecule has 116 valence electrons. The molecule has 2 aromatic heterocycles. The monoisotopic (exact) mass is 301 g/mol. The van der Waals surface area contributed by atoms with Crippen molar-refractivity contribution in [2.24, 2.45) is 0 Å². The summed E-state index contributed by atoms with van der Waals surface area (Å²) < 4.78 is 4.98. The van der Waals surface area contributed by atoms with Gasteiger partial charge in [-0.05, 0) is 43.2 Å². The molecule has 0 aliphatic carbocycles. The summed E-state index contributed by atoms with van der Waals surface area (Å²) in [7, 11) is 0. The Kier molecular flexibility index (Phi) is 5.71. The lowest BCUT2D eigenvalue weighted by atomic mass is 10.2. The van der Waals surface area contributed by atoms with Crippen LogP contribution in [-0.4, -0.2) is 41.3 Å². The molecule has 0 aliphatic rings. The fraction of sp³-hybridized carbons (Fsp3) is 0.312. The van der Waals surface area contributed by atoms with E-state index in [0.29, 0.717) is 13.1 Å². The van der Waals surface area contributed by atoms with E-state index in [4.69, 9.17) is 4.42 Å². The van der Waals surface area contributed by atoms with Gasteiger partial charge in [-0.2, -0.15) is 0 Å². The second kappa shape index (κ2) is 7.97. The number of aromatic nitrogens is 1. The Labute approximate surface area is 129 Å². The van der Waals surface area contributed by atoms with Crippen LogP contribution in [0.5, 0.6) is 0 Å². The lowest BCUT2D eigenvalue weighted by molar-refractivity contribution is -0.129. The van der Waals surface area contributed by atoms with Crippen molar-refractivity contribution in [1.29, 1.82) is 0 Å². The summed E-state index contributed by atoms with van der Waals surface area (Å²) in [5.41, 5.74) is 1.13. The fourth-order valence-corrected chi connectivity index (χ4v) is 2.04. The maximum absolute atomic E-state index is 12.1. The van der Waals surface area contributed by atoms with Gasteiger partial charge in [0.15, 0.2) is 5.76 Å². The van der Waals surface area contributed by atoms with Gasteiger partial charge in [0.1, 0.15) is 0 Å². The second-order valence-electron chi connectivity index (χ2n) is 4.74. The average Bonchev–Trinajstić information content (AvgIpc) is 3.08. The van der Waals surface area contributed by atoms with E-state index in [1.54, 1.807) is 29.4 Å². The van der Waals surface area contributed by atoms with Crippen LogP contribution in [0.25, 0.3) is 0 Å². The van der Waals surface area contributed by atoms with E-state index >= 15 is 0 Å². The summed E-state index contributed by atoms with van der Waals surface area (Å²) in [6.07, 6.45) is 5.64. The van der Waals surface area contributed by atoms with Crippen molar-refractivity contribution in [3.63, 3.8) is 0 Å². The molecule has 0 aromatic carbocycles. The van der Waals surface area contributed by atoms with Gasteiger partial charge in [0, 0.05) is 25.5 Å². The number of amides is 2. The summed E-state index contributed by atoms with van der Waals surface area (Å²) in [6.45, 7) is 3.08. The third-order valence-corrected chi connectivity index (χ3v) is 3.30. The summed E-state index contributed by atoms with van der Waals surface area (Å²) in [6, 6.07) is 7.04. The first kappa shape index (κ1) is 15.8. The van der Waals surface area contributed by atoms with Crippen molar-refractivity contribution < 1.29 is 14.0 Å². The van der Waals surface area contributed by atoms with Gasteiger partial charge in [-0.15, -0.1) is 0 Å². The van der Waals surface area contributed by atoms with E-state index in [-0.39, 0.29) is 24.1 Å². The molecule has 0 saturated heterocycles. The van der Waals surface area contributed by atoms with E-state index in [0.717, 1.165) is 12.0 Å². The van der Waals surface area contributed by atoms with Gasteiger partial charge in [-0.3, -0.25) is 14.6 Å². The van der Waals surface area contributed by atoms with Crippen LogP contribution in [0, 0.1) is 0 Å². The van der Waals surface area contributed by atoms with Gasteiger partial charge in [-0.1, -0.05) is 0 Å². The van der Waals surface area contributed by atoms with Crippen molar-refractivity contribution in [1.82, 2.24) is 15.2 Å². The first-order chi connectivity index (χ1) is 10.7. The third-order valence-electron chi connectivity index (χ3n) is 3.30. The van der Waals surface area contributed by atoms with E-state index in [2.05, 4.69) is 10.3 Å². The Morgan fingerprint density at radius 3 is 2.68 bits per heavy atom. The highest BCUT2D eigenvalue weighted by molar-refractivity contribution is 5.94. The molecule has 0 radical (unpaired) electrons. The zero-order chi connectivity index (χ0) is 15.8. The minimum Gasteiger partial charge on any atom is -0.459 e. The van der Waals surface area contributed by atoms with Crippen LogP contribution >= 0.6 is 0 Å². The van der Waals surface area contributed by atoms with Gasteiger partial charge in [-0.25, -0.2) is 0 Å². The van der Waals surface area contributed by atoms with Crippen molar-refractivity contribution in [2.45, 2.75) is 13.3 Å². The molecule has 0 spiro atoms. The molecule has 0 bridgehead atoms. The summed E-state index contributed by atoms with van der Waals surface area (Å²) in [5, 5.41) is 2.56. The predicted octanol–water partition coefficient (Wildman–Crippen LogP) is 1.50. The smallest absolute Gasteiger partial charge is 0.287 e. The number of carbonyl (C=O) groups excluding carboxylic acids is 2. The zero-order valence-electron chi connectivity index (χ0n) is 12.5. The van der Waals surface area contributed by atoms with Crippen LogP contribution in [0.2, 0.25) is 0 Å². The molecule has 0 atom stereocenters. The average molecular weight is 301 g/mol. The highest BCUT2D eigenvalue weighted by Gasteiger charge is 2.14. The Hall–Kier alpha value is -2.63. The maximum atomic E-state index is 12.1. The van der Waals surface area contributed by atoms with E-state index in [9.17, 15) is 9.59 Å². The summed E-state index contributed by atoms with van der Waals surface area (Å²) >= 11 is 0. The van der Waals surface area contributed by atoms with Gasteiger partial charge in [0.2, 0.25) is 5.91 Å². The first-order valence-electron chi connectivity index (χ1n) is 7.19. The van der Waals surface area contributed by atoms with Gasteiger partial charge in [0.25, 0.3) is 5.91 Å². The van der Waals surface area contributed by atoms with E-state index in [1.807, 2.05) is 19.1 Å². The molecule has 2 amide bonds. The van der Waals surface area contributed by atoms with Crippen LogP contribution in [0.3, 0.4) is 0 Å². The second-order valence-corrected chi connectivity index (χ2v) is 4.74. The number of nitrogens with one attached hydrogen (secondary N) is 1. The fourth-order valence-electron chi connectivity index (χ4n) is 2.04. The quantitative estimate of drug-likeness (QED) is 0.841. The van der Waals surface area contributed by atoms with Crippen molar-refractivity contribution >= 4 is 11.8 Å². The molecule has 2 rings (SSSR count). The molecular weight excluding hydrogens is 282 g/mol. The van der Waals surface area contributed by atoms with E-state index < -0.39 is 0 Å². The van der Waals surface area contributed by atoms with Crippen LogP contribution in [0.4, 0.5) is 0 Å². The van der Waals surface area contributed by atoms with Crippen LogP contribution in [0.15, 0.2) is 47.3 Å². The van der Waals surface area contributed by atoms with Gasteiger partial charge in [0.05, 0.1) is 12.8 Å². The Morgan fingerprint density at radius 2 is 2.05 bits per heavy atom. The number of furan rings is 1. The van der Waals surface area contributed by atoms with Crippen LogP contribution in [-0.2, 0) is 11.2 Å². The normalized spacial score (nSPS) is 10.2. The number of carbonyl (C=O) groups is 2. The lowest BCUT2D eigenvalue weighted by Gasteiger charge is -2.21. The SMILES string of the molecule is CCN(CCc1ccncc1)C(=O)CNC(=O)c1ccco1. The topological polar surface area (TPSA) is 75.4 Å². The molecule has 0 fully saturated rings.